The fraction of sp³-hybridized carbons (Fsp3) is 0.0476. The number of hydrazone groups is 1. The SMILES string of the molecule is O=C(N/N=C\c1cccc(OCc2ccc([N+](=O)[O-])cc2)c1)c1ccc(Cl)cc1. The number of ether oxygens (including phenoxy) is 1. The van der Waals surface area contributed by atoms with Crippen molar-refractivity contribution in [1.29, 1.82) is 0 Å². The minimum atomic E-state index is -0.445. The van der Waals surface area contributed by atoms with Crippen LogP contribution < -0.4 is 10.2 Å². The summed E-state index contributed by atoms with van der Waals surface area (Å²) in [6.45, 7) is 0.270. The molecule has 3 aromatic carbocycles. The number of nitro groups is 1. The Morgan fingerprint density at radius 3 is 2.52 bits per heavy atom. The average molecular weight is 410 g/mol. The van der Waals surface area contributed by atoms with Gasteiger partial charge in [-0.2, -0.15) is 5.10 Å². The van der Waals surface area contributed by atoms with Gasteiger partial charge in [-0.05, 0) is 59.7 Å². The lowest BCUT2D eigenvalue weighted by Crippen LogP contribution is -2.17. The first-order valence-corrected chi connectivity index (χ1v) is 8.94. The third-order valence-electron chi connectivity index (χ3n) is 3.90. The van der Waals surface area contributed by atoms with Crippen molar-refractivity contribution in [2.24, 2.45) is 5.10 Å². The van der Waals surface area contributed by atoms with Crippen LogP contribution in [0.5, 0.6) is 5.75 Å². The Morgan fingerprint density at radius 1 is 1.10 bits per heavy atom. The van der Waals surface area contributed by atoms with Crippen molar-refractivity contribution in [3.05, 3.63) is 105 Å². The molecule has 0 radical (unpaired) electrons. The second kappa shape index (κ2) is 9.48. The van der Waals surface area contributed by atoms with Crippen LogP contribution in [-0.2, 0) is 6.61 Å². The Labute approximate surface area is 171 Å². The molecular formula is C21H16ClN3O4. The number of nitro benzene ring substituents is 1. The van der Waals surface area contributed by atoms with E-state index in [4.69, 9.17) is 16.3 Å². The van der Waals surface area contributed by atoms with Crippen molar-refractivity contribution in [1.82, 2.24) is 5.43 Å². The summed E-state index contributed by atoms with van der Waals surface area (Å²) in [6.07, 6.45) is 1.51. The molecule has 3 aromatic rings. The van der Waals surface area contributed by atoms with Gasteiger partial charge in [0.15, 0.2) is 0 Å². The zero-order valence-electron chi connectivity index (χ0n) is 15.1. The number of halogens is 1. The molecule has 1 amide bonds. The van der Waals surface area contributed by atoms with Gasteiger partial charge in [0.1, 0.15) is 12.4 Å². The number of amides is 1. The highest BCUT2D eigenvalue weighted by molar-refractivity contribution is 6.30. The molecule has 0 heterocycles. The van der Waals surface area contributed by atoms with E-state index in [1.54, 1.807) is 54.6 Å². The van der Waals surface area contributed by atoms with Gasteiger partial charge in [0.2, 0.25) is 0 Å². The van der Waals surface area contributed by atoms with E-state index in [-0.39, 0.29) is 18.2 Å². The summed E-state index contributed by atoms with van der Waals surface area (Å²) < 4.78 is 5.71. The van der Waals surface area contributed by atoms with Gasteiger partial charge in [-0.25, -0.2) is 5.43 Å². The third kappa shape index (κ3) is 5.88. The minimum Gasteiger partial charge on any atom is -0.489 e. The number of carbonyl (C=O) groups excluding carboxylic acids is 1. The van der Waals surface area contributed by atoms with Gasteiger partial charge < -0.3 is 4.74 Å². The zero-order chi connectivity index (χ0) is 20.6. The van der Waals surface area contributed by atoms with Crippen molar-refractivity contribution in [2.75, 3.05) is 0 Å². The number of nitrogens with one attached hydrogen (secondary N) is 1. The molecule has 0 aromatic heterocycles. The molecule has 0 aliphatic carbocycles. The quantitative estimate of drug-likeness (QED) is 0.351. The van der Waals surface area contributed by atoms with Gasteiger partial charge in [-0.3, -0.25) is 14.9 Å². The maximum absolute atomic E-state index is 12.0. The average Bonchev–Trinajstić information content (AvgIpc) is 2.73. The van der Waals surface area contributed by atoms with Crippen molar-refractivity contribution < 1.29 is 14.5 Å². The van der Waals surface area contributed by atoms with E-state index < -0.39 is 4.92 Å². The van der Waals surface area contributed by atoms with Crippen LogP contribution in [0, 0.1) is 10.1 Å². The Kier molecular flexibility index (Phi) is 6.55. The summed E-state index contributed by atoms with van der Waals surface area (Å²) in [7, 11) is 0. The number of hydrogen-bond acceptors (Lipinski definition) is 5. The first kappa shape index (κ1) is 20.0. The maximum atomic E-state index is 12.0. The van der Waals surface area contributed by atoms with Crippen LogP contribution in [-0.4, -0.2) is 17.0 Å². The molecule has 146 valence electrons. The number of benzene rings is 3. The summed E-state index contributed by atoms with van der Waals surface area (Å²) in [5, 5.41) is 15.2. The molecule has 0 aliphatic heterocycles. The van der Waals surface area contributed by atoms with Crippen molar-refractivity contribution in [3.63, 3.8) is 0 Å². The molecule has 0 unspecified atom stereocenters. The van der Waals surface area contributed by atoms with Gasteiger partial charge >= 0.3 is 0 Å². The van der Waals surface area contributed by atoms with Crippen molar-refractivity contribution in [3.8, 4) is 5.75 Å². The summed E-state index contributed by atoms with van der Waals surface area (Å²) in [5.74, 6) is 0.264. The first-order valence-electron chi connectivity index (χ1n) is 8.56. The molecule has 0 fully saturated rings. The molecule has 29 heavy (non-hydrogen) atoms. The largest absolute Gasteiger partial charge is 0.489 e. The summed E-state index contributed by atoms with van der Waals surface area (Å²) in [6, 6.07) is 19.8. The second-order valence-corrected chi connectivity index (χ2v) is 6.43. The van der Waals surface area contributed by atoms with Crippen LogP contribution in [0.4, 0.5) is 5.69 Å². The molecular weight excluding hydrogens is 394 g/mol. The Bertz CT molecular complexity index is 1030. The Hall–Kier alpha value is -3.71. The van der Waals surface area contributed by atoms with Gasteiger partial charge in [-0.1, -0.05) is 23.7 Å². The summed E-state index contributed by atoms with van der Waals surface area (Å²) in [5.41, 5.74) is 4.48. The van der Waals surface area contributed by atoms with E-state index in [2.05, 4.69) is 10.5 Å². The van der Waals surface area contributed by atoms with Crippen LogP contribution >= 0.6 is 11.6 Å². The lowest BCUT2D eigenvalue weighted by Gasteiger charge is -2.07. The van der Waals surface area contributed by atoms with E-state index in [1.165, 1.54) is 18.3 Å². The molecule has 1 N–H and O–H groups in total. The normalized spacial score (nSPS) is 10.7. The highest BCUT2D eigenvalue weighted by Gasteiger charge is 2.05. The van der Waals surface area contributed by atoms with E-state index in [0.717, 1.165) is 11.1 Å². The van der Waals surface area contributed by atoms with Crippen LogP contribution in [0.25, 0.3) is 0 Å². The highest BCUT2D eigenvalue weighted by Crippen LogP contribution is 2.16. The van der Waals surface area contributed by atoms with Crippen molar-refractivity contribution >= 4 is 29.4 Å². The molecule has 0 aliphatic rings. The lowest BCUT2D eigenvalue weighted by molar-refractivity contribution is -0.384. The molecule has 0 bridgehead atoms. The van der Waals surface area contributed by atoms with Crippen LogP contribution in [0.2, 0.25) is 5.02 Å². The molecule has 7 nitrogen and oxygen atoms in total. The number of carbonyl (C=O) groups is 1. The topological polar surface area (TPSA) is 93.8 Å². The van der Waals surface area contributed by atoms with E-state index in [1.807, 2.05) is 6.07 Å². The highest BCUT2D eigenvalue weighted by atomic mass is 35.5. The van der Waals surface area contributed by atoms with Gasteiger partial charge in [-0.15, -0.1) is 0 Å². The predicted molar refractivity (Wildman–Crippen MR) is 110 cm³/mol. The molecule has 0 saturated heterocycles. The Balaban J connectivity index is 1.56. The fourth-order valence-electron chi connectivity index (χ4n) is 2.40. The van der Waals surface area contributed by atoms with Crippen LogP contribution in [0.15, 0.2) is 77.9 Å². The molecule has 3 rings (SSSR count). The van der Waals surface area contributed by atoms with E-state index >= 15 is 0 Å². The predicted octanol–water partition coefficient (Wildman–Crippen LogP) is 4.59. The van der Waals surface area contributed by atoms with Crippen LogP contribution in [0.1, 0.15) is 21.5 Å². The fourth-order valence-corrected chi connectivity index (χ4v) is 2.52. The lowest BCUT2D eigenvalue weighted by atomic mass is 10.2. The zero-order valence-corrected chi connectivity index (χ0v) is 15.9. The van der Waals surface area contributed by atoms with E-state index in [0.29, 0.717) is 16.3 Å². The van der Waals surface area contributed by atoms with E-state index in [9.17, 15) is 14.9 Å². The molecule has 0 spiro atoms. The number of nitrogens with zero attached hydrogens (tertiary/aromatic N) is 2. The van der Waals surface area contributed by atoms with Gasteiger partial charge in [0, 0.05) is 22.7 Å². The monoisotopic (exact) mass is 409 g/mol. The number of hydrogen-bond donors (Lipinski definition) is 1. The number of rotatable bonds is 7. The molecule has 0 atom stereocenters. The standard InChI is InChI=1S/C21H16ClN3O4/c22-18-8-6-17(7-9-18)21(26)24-23-13-16-2-1-3-20(12-16)29-14-15-4-10-19(11-5-15)25(27)28/h1-13H,14H2,(H,24,26)/b23-13-. The van der Waals surface area contributed by atoms with Gasteiger partial charge in [0.25, 0.3) is 11.6 Å². The minimum absolute atomic E-state index is 0.0348. The third-order valence-corrected chi connectivity index (χ3v) is 4.15. The molecule has 0 saturated carbocycles. The first-order chi connectivity index (χ1) is 14.0. The Morgan fingerprint density at radius 2 is 1.83 bits per heavy atom. The van der Waals surface area contributed by atoms with Crippen molar-refractivity contribution in [2.45, 2.75) is 6.61 Å². The summed E-state index contributed by atoms with van der Waals surface area (Å²) >= 11 is 5.80. The summed E-state index contributed by atoms with van der Waals surface area (Å²) in [4.78, 5) is 22.2. The second-order valence-electron chi connectivity index (χ2n) is 5.99. The maximum Gasteiger partial charge on any atom is 0.271 e. The van der Waals surface area contributed by atoms with Gasteiger partial charge in [0.05, 0.1) is 11.1 Å². The number of non-ortho nitro benzene ring substituents is 1. The smallest absolute Gasteiger partial charge is 0.271 e. The van der Waals surface area contributed by atoms with Crippen LogP contribution in [0.3, 0.4) is 0 Å². The molecule has 8 heteroatoms.